The number of para-hydroxylation sites is 2. The van der Waals surface area contributed by atoms with E-state index in [0.717, 1.165) is 21.0 Å². The number of alkyl halides is 2. The van der Waals surface area contributed by atoms with Gasteiger partial charge in [-0.15, -0.1) is 0 Å². The summed E-state index contributed by atoms with van der Waals surface area (Å²) in [5.41, 5.74) is 2.77. The van der Waals surface area contributed by atoms with Crippen molar-refractivity contribution in [2.24, 2.45) is 0 Å². The minimum Gasteiger partial charge on any atom is -0.497 e. The van der Waals surface area contributed by atoms with Crippen LogP contribution in [0.4, 0.5) is 8.78 Å². The lowest BCUT2D eigenvalue weighted by Crippen LogP contribution is -2.36. The minimum atomic E-state index is -2.72. The number of ether oxygens (including phenoxy) is 1. The van der Waals surface area contributed by atoms with Crippen LogP contribution in [0.3, 0.4) is 0 Å². The Balaban J connectivity index is 1.79. The van der Waals surface area contributed by atoms with Crippen molar-refractivity contribution in [3.63, 3.8) is 0 Å². The van der Waals surface area contributed by atoms with Gasteiger partial charge >= 0.3 is 12.4 Å². The fourth-order valence-corrected chi connectivity index (χ4v) is 3.88. The van der Waals surface area contributed by atoms with Crippen LogP contribution in [0, 0.1) is 0 Å². The molecule has 150 valence electrons. The number of rotatable bonds is 5. The summed E-state index contributed by atoms with van der Waals surface area (Å²) in [5.74, 6) is 1.35. The number of halogens is 2. The predicted octanol–water partition coefficient (Wildman–Crippen LogP) is 5.79. The average Bonchev–Trinajstić information content (AvgIpc) is 3.33. The molecule has 6 heteroatoms. The Kier molecular flexibility index (Phi) is 4.47. The number of methoxy groups -OCH3 is 1. The number of nitrogens with zero attached hydrogens (tertiary/aromatic N) is 2. The van der Waals surface area contributed by atoms with Crippen LogP contribution in [0.1, 0.15) is 12.1 Å². The van der Waals surface area contributed by atoms with Crippen LogP contribution < -0.4 is 9.30 Å². The standard InChI is InChI=1S/C24H19F2N2O2/c1-29-18-12-11-17-13-22(30-21(17)14-18)23-27(15-16-7-3-2-4-8-16)19-9-5-6-10-20(19)28(23)24(25)26/h2-14,24H,15H2,1H3/q+1. The van der Waals surface area contributed by atoms with Gasteiger partial charge in [-0.25, -0.2) is 4.57 Å². The Morgan fingerprint density at radius 2 is 1.73 bits per heavy atom. The molecule has 0 saturated carbocycles. The number of hydrogen-bond donors (Lipinski definition) is 0. The summed E-state index contributed by atoms with van der Waals surface area (Å²) in [6.45, 7) is -2.28. The summed E-state index contributed by atoms with van der Waals surface area (Å²) >= 11 is 0. The lowest BCUT2D eigenvalue weighted by molar-refractivity contribution is -0.652. The van der Waals surface area contributed by atoms with Gasteiger partial charge in [-0.05, 0) is 29.8 Å². The van der Waals surface area contributed by atoms with E-state index in [1.165, 1.54) is 0 Å². The molecule has 0 bridgehead atoms. The molecule has 3 aromatic carbocycles. The number of aromatic nitrogens is 2. The third kappa shape index (κ3) is 3.01. The second-order valence-corrected chi connectivity index (χ2v) is 7.05. The largest absolute Gasteiger partial charge is 0.497 e. The lowest BCUT2D eigenvalue weighted by Gasteiger charge is -2.03. The van der Waals surface area contributed by atoms with Crippen LogP contribution in [0.15, 0.2) is 83.3 Å². The highest BCUT2D eigenvalue weighted by atomic mass is 19.3. The molecule has 0 N–H and O–H groups in total. The van der Waals surface area contributed by atoms with Crippen molar-refractivity contribution < 1.29 is 22.5 Å². The number of fused-ring (bicyclic) bond motifs is 2. The van der Waals surface area contributed by atoms with Crippen molar-refractivity contribution >= 4 is 22.0 Å². The van der Waals surface area contributed by atoms with Gasteiger partial charge in [-0.3, -0.25) is 0 Å². The maximum atomic E-state index is 14.3. The monoisotopic (exact) mass is 405 g/mol. The fraction of sp³-hybridized carbons (Fsp3) is 0.125. The lowest BCUT2D eigenvalue weighted by atomic mass is 10.2. The quantitative estimate of drug-likeness (QED) is 0.346. The second kappa shape index (κ2) is 7.30. The van der Waals surface area contributed by atoms with Crippen LogP contribution in [0.2, 0.25) is 0 Å². The molecule has 5 rings (SSSR count). The van der Waals surface area contributed by atoms with Gasteiger partial charge in [0.05, 0.1) is 7.11 Å². The highest BCUT2D eigenvalue weighted by Crippen LogP contribution is 2.33. The molecule has 0 fully saturated rings. The summed E-state index contributed by atoms with van der Waals surface area (Å²) < 4.78 is 42.7. The molecule has 0 aliphatic rings. The zero-order valence-electron chi connectivity index (χ0n) is 16.3. The summed E-state index contributed by atoms with van der Waals surface area (Å²) in [4.78, 5) is 0. The summed E-state index contributed by atoms with van der Waals surface area (Å²) in [6, 6.07) is 24.2. The Hall–Kier alpha value is -3.67. The first-order valence-electron chi connectivity index (χ1n) is 9.58. The van der Waals surface area contributed by atoms with E-state index in [1.54, 1.807) is 31.4 Å². The third-order valence-electron chi connectivity index (χ3n) is 5.24. The Bertz CT molecular complexity index is 1340. The van der Waals surface area contributed by atoms with Gasteiger partial charge < -0.3 is 9.15 Å². The molecule has 30 heavy (non-hydrogen) atoms. The molecule has 0 radical (unpaired) electrons. The summed E-state index contributed by atoms with van der Waals surface area (Å²) in [7, 11) is 1.58. The van der Waals surface area contributed by atoms with E-state index >= 15 is 0 Å². The van der Waals surface area contributed by atoms with Crippen molar-refractivity contribution in [2.75, 3.05) is 7.11 Å². The maximum Gasteiger partial charge on any atom is 0.388 e. The first kappa shape index (κ1) is 18.4. The zero-order valence-corrected chi connectivity index (χ0v) is 16.3. The molecule has 2 aromatic heterocycles. The highest BCUT2D eigenvalue weighted by Gasteiger charge is 2.33. The van der Waals surface area contributed by atoms with Crippen LogP contribution in [0.5, 0.6) is 5.75 Å². The number of furan rings is 1. The van der Waals surface area contributed by atoms with Gasteiger partial charge in [-0.1, -0.05) is 42.5 Å². The molecule has 0 spiro atoms. The smallest absolute Gasteiger partial charge is 0.388 e. The minimum absolute atomic E-state index is 0.324. The molecule has 2 heterocycles. The molecular weight excluding hydrogens is 386 g/mol. The van der Waals surface area contributed by atoms with Crippen molar-refractivity contribution in [2.45, 2.75) is 13.1 Å². The van der Waals surface area contributed by atoms with Gasteiger partial charge in [0.15, 0.2) is 11.0 Å². The third-order valence-corrected chi connectivity index (χ3v) is 5.24. The number of hydrogen-bond acceptors (Lipinski definition) is 2. The van der Waals surface area contributed by atoms with Crippen molar-refractivity contribution in [1.82, 2.24) is 4.57 Å². The van der Waals surface area contributed by atoms with Crippen LogP contribution in [-0.4, -0.2) is 11.7 Å². The van der Waals surface area contributed by atoms with E-state index in [9.17, 15) is 8.78 Å². The van der Waals surface area contributed by atoms with Crippen molar-refractivity contribution in [1.29, 1.82) is 0 Å². The van der Waals surface area contributed by atoms with Crippen LogP contribution in [0.25, 0.3) is 33.6 Å². The molecule has 4 nitrogen and oxygen atoms in total. The summed E-state index contributed by atoms with van der Waals surface area (Å²) in [6.07, 6.45) is 0. The van der Waals surface area contributed by atoms with Crippen molar-refractivity contribution in [3.05, 3.63) is 84.4 Å². The normalized spacial score (nSPS) is 11.6. The average molecular weight is 405 g/mol. The van der Waals surface area contributed by atoms with Crippen LogP contribution >= 0.6 is 0 Å². The van der Waals surface area contributed by atoms with E-state index < -0.39 is 6.55 Å². The summed E-state index contributed by atoms with van der Waals surface area (Å²) in [5, 5.41) is 0.822. The molecular formula is C24H19F2N2O2+. The second-order valence-electron chi connectivity index (χ2n) is 7.05. The Morgan fingerprint density at radius 1 is 0.967 bits per heavy atom. The first-order valence-corrected chi connectivity index (χ1v) is 9.58. The molecule has 0 saturated heterocycles. The first-order chi connectivity index (χ1) is 14.7. The number of imidazole rings is 1. The number of benzene rings is 3. The molecule has 0 unspecified atom stereocenters. The zero-order chi connectivity index (χ0) is 20.7. The van der Waals surface area contributed by atoms with Gasteiger partial charge in [0.1, 0.15) is 17.9 Å². The maximum absolute atomic E-state index is 14.3. The Morgan fingerprint density at radius 3 is 2.50 bits per heavy atom. The van der Waals surface area contributed by atoms with Gasteiger partial charge in [0, 0.05) is 17.5 Å². The SMILES string of the molecule is COc1ccc2cc(-c3n(C(F)F)c4ccccc4[n+]3Cc3ccccc3)oc2c1. The fourth-order valence-electron chi connectivity index (χ4n) is 3.88. The molecule has 0 aliphatic carbocycles. The van der Waals surface area contributed by atoms with Crippen LogP contribution in [-0.2, 0) is 6.54 Å². The topological polar surface area (TPSA) is 31.2 Å². The molecule has 0 atom stereocenters. The Labute approximate surface area is 171 Å². The predicted molar refractivity (Wildman–Crippen MR) is 111 cm³/mol. The van der Waals surface area contributed by atoms with E-state index in [2.05, 4.69) is 0 Å². The van der Waals surface area contributed by atoms with E-state index in [4.69, 9.17) is 9.15 Å². The van der Waals surface area contributed by atoms with Gasteiger partial charge in [-0.2, -0.15) is 13.3 Å². The van der Waals surface area contributed by atoms with E-state index in [-0.39, 0.29) is 0 Å². The van der Waals surface area contributed by atoms with E-state index in [0.29, 0.717) is 35.0 Å². The van der Waals surface area contributed by atoms with Gasteiger partial charge in [0.25, 0.3) is 0 Å². The van der Waals surface area contributed by atoms with Gasteiger partial charge in [0.2, 0.25) is 5.76 Å². The highest BCUT2D eigenvalue weighted by molar-refractivity contribution is 5.84. The molecule has 5 aromatic rings. The molecule has 0 aliphatic heterocycles. The molecule has 0 amide bonds. The van der Waals surface area contributed by atoms with Crippen molar-refractivity contribution in [3.8, 4) is 17.3 Å². The van der Waals surface area contributed by atoms with E-state index in [1.807, 2.05) is 59.2 Å².